The summed E-state index contributed by atoms with van der Waals surface area (Å²) in [6.07, 6.45) is 6.34. The minimum absolute atomic E-state index is 0.0991. The summed E-state index contributed by atoms with van der Waals surface area (Å²) in [5, 5.41) is 4.35. The lowest BCUT2D eigenvalue weighted by molar-refractivity contribution is -0.0260. The van der Waals surface area contributed by atoms with Crippen molar-refractivity contribution in [2.45, 2.75) is 66.0 Å². The molecular weight excluding hydrogens is 290 g/mol. The van der Waals surface area contributed by atoms with Crippen molar-refractivity contribution in [3.05, 3.63) is 17.5 Å². The van der Waals surface area contributed by atoms with Gasteiger partial charge < -0.3 is 9.64 Å². The highest BCUT2D eigenvalue weighted by Crippen LogP contribution is 2.18. The van der Waals surface area contributed by atoms with E-state index in [1.165, 1.54) is 6.42 Å². The first kappa shape index (κ1) is 18.0. The molecule has 1 aromatic heterocycles. The maximum Gasteiger partial charge on any atom is 0.257 e. The molecular formula is C18H31N3O2. The third-order valence-corrected chi connectivity index (χ3v) is 4.50. The van der Waals surface area contributed by atoms with Crippen LogP contribution in [0.1, 0.15) is 62.5 Å². The average Bonchev–Trinajstić information content (AvgIpc) is 2.88. The van der Waals surface area contributed by atoms with E-state index in [1.54, 1.807) is 6.20 Å². The second kappa shape index (κ2) is 8.48. The molecule has 1 aliphatic heterocycles. The number of aromatic nitrogens is 2. The van der Waals surface area contributed by atoms with E-state index < -0.39 is 0 Å². The van der Waals surface area contributed by atoms with Gasteiger partial charge in [-0.25, -0.2) is 0 Å². The smallest absolute Gasteiger partial charge is 0.257 e. The summed E-state index contributed by atoms with van der Waals surface area (Å²) < 4.78 is 7.76. The highest BCUT2D eigenvalue weighted by Gasteiger charge is 2.26. The van der Waals surface area contributed by atoms with Crippen LogP contribution in [-0.2, 0) is 11.3 Å². The standard InChI is InChI=1S/C18H31N3O2/c1-5-9-21-15(4)17(12-19-21)18(22)20-10-11-23-16(13-20)8-6-7-14(2)3/h12,14,16H,5-11,13H2,1-4H3/t16-/m1/s1. The molecule has 0 aliphatic carbocycles. The highest BCUT2D eigenvalue weighted by molar-refractivity contribution is 5.95. The molecule has 2 heterocycles. The molecule has 1 atom stereocenters. The molecule has 23 heavy (non-hydrogen) atoms. The van der Waals surface area contributed by atoms with Gasteiger partial charge in [-0.2, -0.15) is 5.10 Å². The van der Waals surface area contributed by atoms with Gasteiger partial charge in [-0.3, -0.25) is 9.48 Å². The number of carbonyl (C=O) groups excluding carboxylic acids is 1. The lowest BCUT2D eigenvalue weighted by Crippen LogP contribution is -2.45. The monoisotopic (exact) mass is 321 g/mol. The van der Waals surface area contributed by atoms with Gasteiger partial charge in [0.2, 0.25) is 0 Å². The number of morpholine rings is 1. The van der Waals surface area contributed by atoms with Crippen LogP contribution < -0.4 is 0 Å². The van der Waals surface area contributed by atoms with Crippen LogP contribution in [-0.4, -0.2) is 46.4 Å². The van der Waals surface area contributed by atoms with E-state index in [2.05, 4.69) is 25.9 Å². The number of carbonyl (C=O) groups is 1. The summed E-state index contributed by atoms with van der Waals surface area (Å²) in [7, 11) is 0. The molecule has 1 amide bonds. The Morgan fingerprint density at radius 1 is 1.48 bits per heavy atom. The number of hydrogen-bond acceptors (Lipinski definition) is 3. The van der Waals surface area contributed by atoms with Crippen LogP contribution in [0.2, 0.25) is 0 Å². The number of hydrogen-bond donors (Lipinski definition) is 0. The zero-order valence-corrected chi connectivity index (χ0v) is 15.0. The second-order valence-electron chi connectivity index (χ2n) is 6.94. The van der Waals surface area contributed by atoms with Crippen LogP contribution in [0.3, 0.4) is 0 Å². The molecule has 1 fully saturated rings. The quantitative estimate of drug-likeness (QED) is 0.774. The Morgan fingerprint density at radius 2 is 2.26 bits per heavy atom. The largest absolute Gasteiger partial charge is 0.375 e. The molecule has 0 aromatic carbocycles. The summed E-state index contributed by atoms with van der Waals surface area (Å²) >= 11 is 0. The maximum absolute atomic E-state index is 12.8. The zero-order chi connectivity index (χ0) is 16.8. The minimum atomic E-state index is 0.0991. The molecule has 130 valence electrons. The summed E-state index contributed by atoms with van der Waals surface area (Å²) in [5.74, 6) is 0.824. The Morgan fingerprint density at radius 3 is 2.96 bits per heavy atom. The topological polar surface area (TPSA) is 47.4 Å². The van der Waals surface area contributed by atoms with Gasteiger partial charge >= 0.3 is 0 Å². The first-order valence-corrected chi connectivity index (χ1v) is 8.96. The van der Waals surface area contributed by atoms with E-state index in [0.29, 0.717) is 19.7 Å². The van der Waals surface area contributed by atoms with E-state index >= 15 is 0 Å². The molecule has 0 radical (unpaired) electrons. The first-order chi connectivity index (χ1) is 11.0. The third kappa shape index (κ3) is 4.80. The fourth-order valence-corrected chi connectivity index (χ4v) is 3.10. The lowest BCUT2D eigenvalue weighted by Gasteiger charge is -2.33. The number of nitrogens with zero attached hydrogens (tertiary/aromatic N) is 3. The van der Waals surface area contributed by atoms with E-state index in [9.17, 15) is 4.79 Å². The van der Waals surface area contributed by atoms with Crippen LogP contribution in [0, 0.1) is 12.8 Å². The van der Waals surface area contributed by atoms with E-state index in [-0.39, 0.29) is 12.0 Å². The molecule has 0 bridgehead atoms. The van der Waals surface area contributed by atoms with Crippen molar-refractivity contribution in [1.29, 1.82) is 0 Å². The SMILES string of the molecule is CCCn1ncc(C(=O)N2CCO[C@H](CCCC(C)C)C2)c1C. The zero-order valence-electron chi connectivity index (χ0n) is 15.0. The molecule has 1 saturated heterocycles. The Bertz CT molecular complexity index is 510. The van der Waals surface area contributed by atoms with Gasteiger partial charge in [0.25, 0.3) is 5.91 Å². The lowest BCUT2D eigenvalue weighted by atomic mass is 10.0. The first-order valence-electron chi connectivity index (χ1n) is 8.96. The number of aryl methyl sites for hydroxylation is 1. The normalized spacial score (nSPS) is 18.7. The van der Waals surface area contributed by atoms with Crippen LogP contribution in [0.5, 0.6) is 0 Å². The number of amides is 1. The van der Waals surface area contributed by atoms with Crippen LogP contribution >= 0.6 is 0 Å². The predicted octanol–water partition coefficient (Wildman–Crippen LogP) is 3.27. The Balaban J connectivity index is 1.94. The fraction of sp³-hybridized carbons (Fsp3) is 0.778. The molecule has 0 N–H and O–H groups in total. The van der Waals surface area contributed by atoms with Crippen molar-refractivity contribution in [1.82, 2.24) is 14.7 Å². The van der Waals surface area contributed by atoms with Crippen LogP contribution in [0.15, 0.2) is 6.20 Å². The Hall–Kier alpha value is -1.36. The van der Waals surface area contributed by atoms with Crippen molar-refractivity contribution in [3.63, 3.8) is 0 Å². The molecule has 1 aliphatic rings. The van der Waals surface area contributed by atoms with Crippen LogP contribution in [0.4, 0.5) is 0 Å². The third-order valence-electron chi connectivity index (χ3n) is 4.50. The minimum Gasteiger partial charge on any atom is -0.375 e. The maximum atomic E-state index is 12.8. The summed E-state index contributed by atoms with van der Waals surface area (Å²) in [4.78, 5) is 14.7. The highest BCUT2D eigenvalue weighted by atomic mass is 16.5. The summed E-state index contributed by atoms with van der Waals surface area (Å²) in [6.45, 7) is 11.5. The predicted molar refractivity (Wildman–Crippen MR) is 91.6 cm³/mol. The fourth-order valence-electron chi connectivity index (χ4n) is 3.10. The van der Waals surface area contributed by atoms with Gasteiger partial charge in [0, 0.05) is 25.3 Å². The summed E-state index contributed by atoms with van der Waals surface area (Å²) in [5.41, 5.74) is 1.71. The van der Waals surface area contributed by atoms with E-state index in [4.69, 9.17) is 4.74 Å². The van der Waals surface area contributed by atoms with Crippen molar-refractivity contribution in [3.8, 4) is 0 Å². The van der Waals surface area contributed by atoms with Crippen molar-refractivity contribution >= 4 is 5.91 Å². The van der Waals surface area contributed by atoms with E-state index in [0.717, 1.165) is 43.0 Å². The van der Waals surface area contributed by atoms with Gasteiger partial charge in [-0.05, 0) is 25.7 Å². The molecule has 1 aromatic rings. The van der Waals surface area contributed by atoms with Crippen molar-refractivity contribution < 1.29 is 9.53 Å². The molecule has 0 unspecified atom stereocenters. The molecule has 0 saturated carbocycles. The number of ether oxygens (including phenoxy) is 1. The van der Waals surface area contributed by atoms with Gasteiger partial charge in [-0.15, -0.1) is 0 Å². The summed E-state index contributed by atoms with van der Waals surface area (Å²) in [6, 6.07) is 0. The number of rotatable bonds is 7. The Labute approximate surface area is 140 Å². The molecule has 0 spiro atoms. The van der Waals surface area contributed by atoms with Gasteiger partial charge in [0.05, 0.1) is 24.5 Å². The van der Waals surface area contributed by atoms with Gasteiger partial charge in [0.15, 0.2) is 0 Å². The van der Waals surface area contributed by atoms with Gasteiger partial charge in [0.1, 0.15) is 0 Å². The average molecular weight is 321 g/mol. The molecule has 2 rings (SSSR count). The van der Waals surface area contributed by atoms with Gasteiger partial charge in [-0.1, -0.05) is 33.6 Å². The van der Waals surface area contributed by atoms with E-state index in [1.807, 2.05) is 16.5 Å². The van der Waals surface area contributed by atoms with Crippen molar-refractivity contribution in [2.24, 2.45) is 5.92 Å². The van der Waals surface area contributed by atoms with Crippen molar-refractivity contribution in [2.75, 3.05) is 19.7 Å². The Kier molecular flexibility index (Phi) is 6.63. The molecule has 5 heteroatoms. The van der Waals surface area contributed by atoms with Crippen LogP contribution in [0.25, 0.3) is 0 Å². The second-order valence-corrected chi connectivity index (χ2v) is 6.94. The molecule has 5 nitrogen and oxygen atoms in total.